The Morgan fingerprint density at radius 3 is 2.29 bits per heavy atom. The van der Waals surface area contributed by atoms with E-state index in [1.54, 1.807) is 0 Å². The number of ketones is 1. The predicted molar refractivity (Wildman–Crippen MR) is 49.4 cm³/mol. The second-order valence-corrected chi connectivity index (χ2v) is 3.28. The smallest absolute Gasteiger partial charge is 0.377 e. The van der Waals surface area contributed by atoms with E-state index in [2.05, 4.69) is 15.9 Å². The second kappa shape index (κ2) is 3.67. The summed E-state index contributed by atoms with van der Waals surface area (Å²) in [5, 5.41) is 26.7. The number of Topliss-reactive ketones (excluding diaryl/α,β-unsaturated/α-hetero) is 1. The minimum absolute atomic E-state index is 0.111. The van der Waals surface area contributed by atoms with Crippen LogP contribution < -0.4 is 0 Å². The Balaban J connectivity index is 3.40. The number of aliphatic carboxylic acids is 1. The molecule has 1 aromatic rings. The van der Waals surface area contributed by atoms with Crippen molar-refractivity contribution in [3.8, 4) is 11.5 Å². The Morgan fingerprint density at radius 1 is 1.21 bits per heavy atom. The van der Waals surface area contributed by atoms with Crippen LogP contribution in [0.4, 0.5) is 0 Å². The number of phenols is 2. The van der Waals surface area contributed by atoms with Gasteiger partial charge in [-0.05, 0) is 28.1 Å². The zero-order valence-corrected chi connectivity index (χ0v) is 8.28. The molecule has 0 saturated heterocycles. The van der Waals surface area contributed by atoms with E-state index in [0.29, 0.717) is 0 Å². The molecule has 5 nitrogen and oxygen atoms in total. The van der Waals surface area contributed by atoms with E-state index in [1.807, 2.05) is 0 Å². The molecule has 74 valence electrons. The third-order valence-corrected chi connectivity index (χ3v) is 2.19. The highest BCUT2D eigenvalue weighted by Gasteiger charge is 2.23. The highest BCUT2D eigenvalue weighted by molar-refractivity contribution is 9.10. The normalized spacial score (nSPS) is 9.79. The number of phenolic OH excluding ortho intramolecular Hbond substituents is 2. The quantitative estimate of drug-likeness (QED) is 0.421. The monoisotopic (exact) mass is 260 g/mol. The molecular weight excluding hydrogens is 256 g/mol. The number of carboxylic acid groups (broad SMARTS) is 1. The first-order chi connectivity index (χ1) is 6.45. The summed E-state index contributed by atoms with van der Waals surface area (Å²) in [5.74, 6) is -4.28. The van der Waals surface area contributed by atoms with Crippen LogP contribution in [0.5, 0.6) is 11.5 Å². The maximum absolute atomic E-state index is 11.0. The molecule has 0 amide bonds. The van der Waals surface area contributed by atoms with Crippen molar-refractivity contribution in [1.82, 2.24) is 0 Å². The molecule has 0 aliphatic heterocycles. The standard InChI is InChI=1S/C8H5BrO5/c9-3-1-2-4(10)6(11)5(3)7(12)8(13)14/h1-2,10-11H,(H,13,14). The molecule has 0 aromatic heterocycles. The lowest BCUT2D eigenvalue weighted by atomic mass is 10.1. The van der Waals surface area contributed by atoms with Crippen LogP contribution in [0.3, 0.4) is 0 Å². The van der Waals surface area contributed by atoms with Gasteiger partial charge in [0.05, 0.1) is 5.56 Å². The number of hydrogen-bond acceptors (Lipinski definition) is 4. The number of rotatable bonds is 2. The Kier molecular flexibility index (Phi) is 2.76. The molecule has 0 aliphatic rings. The van der Waals surface area contributed by atoms with Gasteiger partial charge in [0, 0.05) is 4.47 Å². The van der Waals surface area contributed by atoms with Crippen molar-refractivity contribution in [2.24, 2.45) is 0 Å². The van der Waals surface area contributed by atoms with Crippen molar-refractivity contribution in [3.63, 3.8) is 0 Å². The highest BCUT2D eigenvalue weighted by Crippen LogP contribution is 2.34. The van der Waals surface area contributed by atoms with Gasteiger partial charge in [-0.15, -0.1) is 0 Å². The zero-order valence-electron chi connectivity index (χ0n) is 6.69. The fourth-order valence-corrected chi connectivity index (χ4v) is 1.38. The van der Waals surface area contributed by atoms with Crippen molar-refractivity contribution in [3.05, 3.63) is 22.2 Å². The molecule has 0 saturated carbocycles. The van der Waals surface area contributed by atoms with Crippen molar-refractivity contribution in [2.45, 2.75) is 0 Å². The summed E-state index contributed by atoms with van der Waals surface area (Å²) in [7, 11) is 0. The van der Waals surface area contributed by atoms with Gasteiger partial charge < -0.3 is 15.3 Å². The molecule has 0 aliphatic carbocycles. The molecule has 0 spiro atoms. The lowest BCUT2D eigenvalue weighted by molar-refractivity contribution is -0.131. The molecule has 6 heteroatoms. The van der Waals surface area contributed by atoms with Gasteiger partial charge in [-0.25, -0.2) is 4.79 Å². The van der Waals surface area contributed by atoms with E-state index >= 15 is 0 Å². The molecule has 14 heavy (non-hydrogen) atoms. The van der Waals surface area contributed by atoms with Crippen molar-refractivity contribution in [2.75, 3.05) is 0 Å². The summed E-state index contributed by atoms with van der Waals surface area (Å²) in [6.45, 7) is 0. The Labute approximate surface area is 86.7 Å². The molecule has 1 aromatic carbocycles. The number of carboxylic acids is 1. The first-order valence-corrected chi connectivity index (χ1v) is 4.22. The van der Waals surface area contributed by atoms with E-state index in [-0.39, 0.29) is 4.47 Å². The maximum atomic E-state index is 11.0. The first-order valence-electron chi connectivity index (χ1n) is 3.43. The third-order valence-electron chi connectivity index (χ3n) is 1.53. The molecule has 0 fully saturated rings. The van der Waals surface area contributed by atoms with E-state index in [9.17, 15) is 14.7 Å². The van der Waals surface area contributed by atoms with Gasteiger partial charge >= 0.3 is 5.97 Å². The van der Waals surface area contributed by atoms with Crippen LogP contribution in [0.1, 0.15) is 10.4 Å². The van der Waals surface area contributed by atoms with Crippen LogP contribution in [0.15, 0.2) is 16.6 Å². The summed E-state index contributed by atoms with van der Waals surface area (Å²) >= 11 is 2.89. The third kappa shape index (κ3) is 1.69. The molecule has 0 radical (unpaired) electrons. The summed E-state index contributed by atoms with van der Waals surface area (Å²) in [6.07, 6.45) is 0. The van der Waals surface area contributed by atoms with Gasteiger partial charge in [0.1, 0.15) is 0 Å². The molecule has 0 unspecified atom stereocenters. The predicted octanol–water partition coefficient (Wildman–Crippen LogP) is 1.13. The highest BCUT2D eigenvalue weighted by atomic mass is 79.9. The maximum Gasteiger partial charge on any atom is 0.377 e. The summed E-state index contributed by atoms with van der Waals surface area (Å²) in [5.41, 5.74) is -0.461. The molecular formula is C8H5BrO5. The van der Waals surface area contributed by atoms with E-state index in [4.69, 9.17) is 10.2 Å². The second-order valence-electron chi connectivity index (χ2n) is 2.42. The van der Waals surface area contributed by atoms with Gasteiger partial charge in [-0.2, -0.15) is 0 Å². The average Bonchev–Trinajstić information content (AvgIpc) is 2.12. The average molecular weight is 261 g/mol. The van der Waals surface area contributed by atoms with Crippen LogP contribution in [0, 0.1) is 0 Å². The van der Waals surface area contributed by atoms with Crippen LogP contribution >= 0.6 is 15.9 Å². The number of hydrogen-bond donors (Lipinski definition) is 3. The number of benzene rings is 1. The van der Waals surface area contributed by atoms with Gasteiger partial charge in [0.25, 0.3) is 5.78 Å². The lowest BCUT2D eigenvalue weighted by Gasteiger charge is -2.04. The van der Waals surface area contributed by atoms with Crippen molar-refractivity contribution in [1.29, 1.82) is 0 Å². The Morgan fingerprint density at radius 2 is 1.79 bits per heavy atom. The van der Waals surface area contributed by atoms with Crippen molar-refractivity contribution >= 4 is 27.7 Å². The van der Waals surface area contributed by atoms with Gasteiger partial charge in [0.15, 0.2) is 11.5 Å². The fraction of sp³-hybridized carbons (Fsp3) is 0. The molecule has 0 atom stereocenters. The Bertz CT molecular complexity index is 412. The first kappa shape index (κ1) is 10.5. The largest absolute Gasteiger partial charge is 0.504 e. The van der Waals surface area contributed by atoms with Crippen LogP contribution in [-0.2, 0) is 4.79 Å². The van der Waals surface area contributed by atoms with Crippen LogP contribution in [0.2, 0.25) is 0 Å². The van der Waals surface area contributed by atoms with Gasteiger partial charge in [-0.3, -0.25) is 4.79 Å². The summed E-state index contributed by atoms with van der Waals surface area (Å²) in [6, 6.07) is 2.41. The minimum Gasteiger partial charge on any atom is -0.504 e. The molecule has 1 rings (SSSR count). The summed E-state index contributed by atoms with van der Waals surface area (Å²) in [4.78, 5) is 21.4. The zero-order chi connectivity index (χ0) is 10.9. The molecule has 0 bridgehead atoms. The number of carbonyl (C=O) groups excluding carboxylic acids is 1. The number of halogens is 1. The van der Waals surface area contributed by atoms with Crippen LogP contribution in [0.25, 0.3) is 0 Å². The van der Waals surface area contributed by atoms with Crippen molar-refractivity contribution < 1.29 is 24.9 Å². The molecule has 3 N–H and O–H groups in total. The van der Waals surface area contributed by atoms with E-state index < -0.39 is 28.8 Å². The van der Waals surface area contributed by atoms with Gasteiger partial charge in [-0.1, -0.05) is 0 Å². The molecule has 0 heterocycles. The van der Waals surface area contributed by atoms with E-state index in [0.717, 1.165) is 6.07 Å². The summed E-state index contributed by atoms with van der Waals surface area (Å²) < 4.78 is 0.111. The van der Waals surface area contributed by atoms with E-state index in [1.165, 1.54) is 6.07 Å². The number of aromatic hydroxyl groups is 2. The lowest BCUT2D eigenvalue weighted by Crippen LogP contribution is -2.13. The minimum atomic E-state index is -1.70. The number of carbonyl (C=O) groups is 2. The van der Waals surface area contributed by atoms with Crippen LogP contribution in [-0.4, -0.2) is 27.1 Å². The Hall–Kier alpha value is -1.56. The topological polar surface area (TPSA) is 94.8 Å². The van der Waals surface area contributed by atoms with Gasteiger partial charge in [0.2, 0.25) is 0 Å². The SMILES string of the molecule is O=C(O)C(=O)c1c(Br)ccc(O)c1O. The fourth-order valence-electron chi connectivity index (χ4n) is 0.878.